The van der Waals surface area contributed by atoms with Gasteiger partial charge in [-0.25, -0.2) is 4.79 Å². The molecule has 0 saturated heterocycles. The van der Waals surface area contributed by atoms with Gasteiger partial charge in [0.25, 0.3) is 0 Å². The Balaban J connectivity index is 2.14. The first-order valence-electron chi connectivity index (χ1n) is 5.41. The van der Waals surface area contributed by atoms with Gasteiger partial charge in [-0.05, 0) is 37.0 Å². The smallest absolute Gasteiger partial charge is 0.328 e. The Hall–Kier alpha value is -0.930. The number of hydrogen-bond acceptors (Lipinski definition) is 3. The van der Waals surface area contributed by atoms with Crippen LogP contribution in [0.3, 0.4) is 0 Å². The van der Waals surface area contributed by atoms with Crippen LogP contribution < -0.4 is 5.32 Å². The number of carbonyl (C=O) groups excluding carboxylic acids is 1. The van der Waals surface area contributed by atoms with Crippen LogP contribution in [0.4, 0.5) is 5.69 Å². The van der Waals surface area contributed by atoms with E-state index in [1.165, 1.54) is 7.11 Å². The van der Waals surface area contributed by atoms with E-state index in [4.69, 9.17) is 27.9 Å². The summed E-state index contributed by atoms with van der Waals surface area (Å²) in [7, 11) is 1.39. The van der Waals surface area contributed by atoms with Crippen molar-refractivity contribution in [1.82, 2.24) is 0 Å². The number of benzene rings is 1. The first-order chi connectivity index (χ1) is 8.11. The quantitative estimate of drug-likeness (QED) is 0.855. The minimum Gasteiger partial charge on any atom is -0.467 e. The fourth-order valence-corrected chi connectivity index (χ4v) is 2.16. The summed E-state index contributed by atoms with van der Waals surface area (Å²) in [5.74, 6) is 0.0905. The molecule has 1 aliphatic rings. The maximum absolute atomic E-state index is 11.6. The second kappa shape index (κ2) is 5.15. The van der Waals surface area contributed by atoms with E-state index in [1.807, 2.05) is 0 Å². The fraction of sp³-hybridized carbons (Fsp3) is 0.417. The second-order valence-corrected chi connectivity index (χ2v) is 4.95. The summed E-state index contributed by atoms with van der Waals surface area (Å²) in [4.78, 5) is 11.6. The molecule has 17 heavy (non-hydrogen) atoms. The van der Waals surface area contributed by atoms with Crippen LogP contribution >= 0.6 is 23.2 Å². The summed E-state index contributed by atoms with van der Waals surface area (Å²) in [5, 5.41) is 4.20. The summed E-state index contributed by atoms with van der Waals surface area (Å²) in [6.07, 6.45) is 2.08. The van der Waals surface area contributed by atoms with E-state index in [0.717, 1.165) is 12.8 Å². The molecule has 1 aromatic carbocycles. The first kappa shape index (κ1) is 12.5. The number of ether oxygens (including phenoxy) is 1. The van der Waals surface area contributed by atoms with Gasteiger partial charge in [0.05, 0.1) is 17.8 Å². The Kier molecular flexibility index (Phi) is 3.79. The standard InChI is InChI=1S/C12H13Cl2NO2/c1-17-12(16)11(7-2-3-7)15-10-5-4-8(13)6-9(10)14/h4-7,11,15H,2-3H2,1H3. The average Bonchev–Trinajstić information content (AvgIpc) is 3.11. The highest BCUT2D eigenvalue weighted by Gasteiger charge is 2.37. The van der Waals surface area contributed by atoms with Gasteiger partial charge in [0.15, 0.2) is 0 Å². The number of halogens is 2. The lowest BCUT2D eigenvalue weighted by molar-refractivity contribution is -0.142. The predicted molar refractivity (Wildman–Crippen MR) is 68.6 cm³/mol. The maximum atomic E-state index is 11.6. The molecule has 1 aliphatic carbocycles. The Morgan fingerprint density at radius 1 is 1.47 bits per heavy atom. The van der Waals surface area contributed by atoms with Crippen LogP contribution in [0.5, 0.6) is 0 Å². The molecule has 0 radical (unpaired) electrons. The number of anilines is 1. The molecule has 0 spiro atoms. The van der Waals surface area contributed by atoms with E-state index in [9.17, 15) is 4.79 Å². The topological polar surface area (TPSA) is 38.3 Å². The minimum atomic E-state index is -0.321. The van der Waals surface area contributed by atoms with Crippen LogP contribution in [0.25, 0.3) is 0 Å². The molecule has 3 nitrogen and oxygen atoms in total. The normalized spacial score (nSPS) is 16.4. The van der Waals surface area contributed by atoms with Crippen molar-refractivity contribution < 1.29 is 9.53 Å². The molecule has 92 valence electrons. The number of nitrogens with one attached hydrogen (secondary N) is 1. The van der Waals surface area contributed by atoms with E-state index in [0.29, 0.717) is 21.7 Å². The van der Waals surface area contributed by atoms with E-state index in [2.05, 4.69) is 5.32 Å². The molecule has 0 bridgehead atoms. The number of hydrogen-bond donors (Lipinski definition) is 1. The fourth-order valence-electron chi connectivity index (χ4n) is 1.70. The van der Waals surface area contributed by atoms with Crippen LogP contribution in [-0.4, -0.2) is 19.1 Å². The third-order valence-electron chi connectivity index (χ3n) is 2.79. The molecular formula is C12H13Cl2NO2. The highest BCUT2D eigenvalue weighted by molar-refractivity contribution is 6.36. The number of esters is 1. The van der Waals surface area contributed by atoms with Gasteiger partial charge in [-0.3, -0.25) is 0 Å². The SMILES string of the molecule is COC(=O)C(Nc1ccc(Cl)cc1Cl)C1CC1. The number of carbonyl (C=O) groups is 1. The number of methoxy groups -OCH3 is 1. The van der Waals surface area contributed by atoms with Crippen molar-refractivity contribution in [3.8, 4) is 0 Å². The summed E-state index contributed by atoms with van der Waals surface area (Å²) in [6, 6.07) is 4.82. The van der Waals surface area contributed by atoms with Crippen molar-refractivity contribution >= 4 is 34.9 Å². The third-order valence-corrected chi connectivity index (χ3v) is 3.34. The molecule has 1 aromatic rings. The van der Waals surface area contributed by atoms with Crippen LogP contribution in [0.1, 0.15) is 12.8 Å². The Labute approximate surface area is 110 Å². The lowest BCUT2D eigenvalue weighted by Gasteiger charge is -2.17. The van der Waals surface area contributed by atoms with Gasteiger partial charge in [0.2, 0.25) is 0 Å². The molecule has 1 unspecified atom stereocenters. The van der Waals surface area contributed by atoms with Gasteiger partial charge in [0, 0.05) is 5.02 Å². The van der Waals surface area contributed by atoms with Crippen molar-refractivity contribution in [3.63, 3.8) is 0 Å². The molecule has 5 heteroatoms. The number of rotatable bonds is 4. The van der Waals surface area contributed by atoms with Crippen molar-refractivity contribution in [2.75, 3.05) is 12.4 Å². The highest BCUT2D eigenvalue weighted by atomic mass is 35.5. The van der Waals surface area contributed by atoms with Crippen LogP contribution in [0, 0.1) is 5.92 Å². The average molecular weight is 274 g/mol. The molecule has 1 atom stereocenters. The zero-order valence-corrected chi connectivity index (χ0v) is 10.9. The molecule has 0 amide bonds. The lowest BCUT2D eigenvalue weighted by Crippen LogP contribution is -2.32. The van der Waals surface area contributed by atoms with Gasteiger partial charge >= 0.3 is 5.97 Å². The Morgan fingerprint density at radius 2 is 2.18 bits per heavy atom. The highest BCUT2D eigenvalue weighted by Crippen LogP contribution is 2.36. The first-order valence-corrected chi connectivity index (χ1v) is 6.17. The summed E-state index contributed by atoms with van der Waals surface area (Å²) in [6.45, 7) is 0. The van der Waals surface area contributed by atoms with Gasteiger partial charge in [-0.2, -0.15) is 0 Å². The summed E-state index contributed by atoms with van der Waals surface area (Å²) < 4.78 is 4.78. The molecule has 1 fully saturated rings. The van der Waals surface area contributed by atoms with E-state index < -0.39 is 0 Å². The Bertz CT molecular complexity index is 433. The van der Waals surface area contributed by atoms with Crippen molar-refractivity contribution in [3.05, 3.63) is 28.2 Å². The lowest BCUT2D eigenvalue weighted by atomic mass is 10.1. The second-order valence-electron chi connectivity index (χ2n) is 4.11. The maximum Gasteiger partial charge on any atom is 0.328 e. The van der Waals surface area contributed by atoms with Crippen LogP contribution in [-0.2, 0) is 9.53 Å². The zero-order valence-electron chi connectivity index (χ0n) is 9.37. The minimum absolute atomic E-state index is 0.251. The molecule has 0 heterocycles. The molecule has 2 rings (SSSR count). The summed E-state index contributed by atoms with van der Waals surface area (Å²) >= 11 is 11.9. The molecule has 0 aromatic heterocycles. The van der Waals surface area contributed by atoms with Gasteiger partial charge in [-0.15, -0.1) is 0 Å². The third kappa shape index (κ3) is 3.05. The molecular weight excluding hydrogens is 261 g/mol. The predicted octanol–water partition coefficient (Wildman–Crippen LogP) is 3.36. The largest absolute Gasteiger partial charge is 0.467 e. The molecule has 1 N–H and O–H groups in total. The van der Waals surface area contributed by atoms with Crippen LogP contribution in [0.2, 0.25) is 10.0 Å². The van der Waals surface area contributed by atoms with E-state index >= 15 is 0 Å². The molecule has 0 aliphatic heterocycles. The van der Waals surface area contributed by atoms with Gasteiger partial charge in [-0.1, -0.05) is 23.2 Å². The Morgan fingerprint density at radius 3 is 2.71 bits per heavy atom. The van der Waals surface area contributed by atoms with Gasteiger partial charge < -0.3 is 10.1 Å². The van der Waals surface area contributed by atoms with Crippen molar-refractivity contribution in [2.45, 2.75) is 18.9 Å². The van der Waals surface area contributed by atoms with Crippen molar-refractivity contribution in [2.24, 2.45) is 5.92 Å². The van der Waals surface area contributed by atoms with Crippen LogP contribution in [0.15, 0.2) is 18.2 Å². The molecule has 1 saturated carbocycles. The monoisotopic (exact) mass is 273 g/mol. The van der Waals surface area contributed by atoms with Crippen molar-refractivity contribution in [1.29, 1.82) is 0 Å². The van der Waals surface area contributed by atoms with Gasteiger partial charge in [0.1, 0.15) is 6.04 Å². The van der Waals surface area contributed by atoms with E-state index in [-0.39, 0.29) is 12.0 Å². The summed E-state index contributed by atoms with van der Waals surface area (Å²) in [5.41, 5.74) is 0.707. The zero-order chi connectivity index (χ0) is 12.4. The van der Waals surface area contributed by atoms with E-state index in [1.54, 1.807) is 18.2 Å².